The van der Waals surface area contributed by atoms with Crippen LogP contribution in [0.15, 0.2) is 33.9 Å². The Hall–Kier alpha value is -2.39. The van der Waals surface area contributed by atoms with Gasteiger partial charge in [0.15, 0.2) is 10.3 Å². The number of aromatic nitrogens is 4. The summed E-state index contributed by atoms with van der Waals surface area (Å²) in [5.74, 6) is -0.276. The Morgan fingerprint density at radius 1 is 1.38 bits per heavy atom. The molecule has 0 radical (unpaired) electrons. The van der Waals surface area contributed by atoms with Gasteiger partial charge in [0.1, 0.15) is 6.33 Å². The molecule has 0 aliphatic heterocycles. The van der Waals surface area contributed by atoms with Crippen molar-refractivity contribution in [2.24, 2.45) is 7.05 Å². The molecule has 0 saturated carbocycles. The number of nitrogen functional groups attached to an aromatic ring is 1. The maximum atomic E-state index is 12.5. The Bertz CT molecular complexity index is 901. The van der Waals surface area contributed by atoms with E-state index in [0.29, 0.717) is 16.4 Å². The number of carbonyl (C=O) groups excluding carboxylic acids is 1. The fraction of sp³-hybridized carbons (Fsp3) is 0.200. The molecule has 7 nitrogen and oxygen atoms in total. The van der Waals surface area contributed by atoms with Crippen molar-refractivity contribution in [2.45, 2.75) is 23.9 Å². The molecule has 1 amide bonds. The molecule has 0 unspecified atom stereocenters. The van der Waals surface area contributed by atoms with Crippen LogP contribution in [0, 0.1) is 13.8 Å². The molecular formula is C15H16N6OS2. The smallest absolute Gasteiger partial charge is 0.259 e. The largest absolute Gasteiger partial charge is 0.398 e. The number of benzene rings is 1. The lowest BCUT2D eigenvalue weighted by atomic mass is 10.1. The summed E-state index contributed by atoms with van der Waals surface area (Å²) in [5.41, 5.74) is 8.72. The first-order chi connectivity index (χ1) is 11.4. The van der Waals surface area contributed by atoms with E-state index >= 15 is 0 Å². The van der Waals surface area contributed by atoms with Crippen molar-refractivity contribution < 1.29 is 4.79 Å². The van der Waals surface area contributed by atoms with Crippen LogP contribution in [0.4, 0.5) is 10.8 Å². The van der Waals surface area contributed by atoms with E-state index in [1.165, 1.54) is 23.1 Å². The van der Waals surface area contributed by atoms with Gasteiger partial charge in [-0.15, -0.1) is 21.5 Å². The standard InChI is InChI=1S/C15H16N6OS2/c1-8-4-11(16)10(13(22)19-14-18-9(2)6-23-14)5-12(8)24-15-20-17-7-21(15)3/h4-7H,16H2,1-3H3,(H,18,19,22). The average molecular weight is 360 g/mol. The summed E-state index contributed by atoms with van der Waals surface area (Å²) in [6.45, 7) is 3.82. The number of nitrogens with zero attached hydrogens (tertiary/aromatic N) is 4. The molecule has 24 heavy (non-hydrogen) atoms. The molecule has 3 rings (SSSR count). The van der Waals surface area contributed by atoms with Crippen molar-refractivity contribution in [1.82, 2.24) is 19.7 Å². The van der Waals surface area contributed by atoms with E-state index in [4.69, 9.17) is 5.73 Å². The molecule has 2 aromatic heterocycles. The van der Waals surface area contributed by atoms with Crippen LogP contribution >= 0.6 is 23.1 Å². The molecule has 124 valence electrons. The zero-order valence-electron chi connectivity index (χ0n) is 13.4. The third-order valence-electron chi connectivity index (χ3n) is 3.30. The van der Waals surface area contributed by atoms with Gasteiger partial charge < -0.3 is 10.3 Å². The van der Waals surface area contributed by atoms with E-state index in [9.17, 15) is 4.79 Å². The SMILES string of the molecule is Cc1csc(NC(=O)c2cc(Sc3nncn3C)c(C)cc2N)n1. The zero-order chi connectivity index (χ0) is 17.3. The first-order valence-electron chi connectivity index (χ1n) is 7.09. The fourth-order valence-corrected chi connectivity index (χ4v) is 3.61. The van der Waals surface area contributed by atoms with E-state index in [1.54, 1.807) is 18.5 Å². The van der Waals surface area contributed by atoms with Gasteiger partial charge >= 0.3 is 0 Å². The molecule has 2 heterocycles. The lowest BCUT2D eigenvalue weighted by Gasteiger charge is -2.11. The topological polar surface area (TPSA) is 98.7 Å². The Kier molecular flexibility index (Phi) is 4.54. The van der Waals surface area contributed by atoms with Crippen molar-refractivity contribution in [2.75, 3.05) is 11.1 Å². The van der Waals surface area contributed by atoms with Crippen LogP contribution in [0.1, 0.15) is 21.6 Å². The Balaban J connectivity index is 1.89. The predicted molar refractivity (Wildman–Crippen MR) is 95.5 cm³/mol. The molecule has 0 aliphatic carbocycles. The van der Waals surface area contributed by atoms with Gasteiger partial charge in [-0.3, -0.25) is 10.1 Å². The van der Waals surface area contributed by atoms with E-state index in [-0.39, 0.29) is 5.91 Å². The van der Waals surface area contributed by atoms with Gasteiger partial charge in [-0.2, -0.15) is 0 Å². The molecule has 9 heteroatoms. The maximum absolute atomic E-state index is 12.5. The number of anilines is 2. The number of hydrogen-bond acceptors (Lipinski definition) is 7. The minimum Gasteiger partial charge on any atom is -0.398 e. The number of hydrogen-bond donors (Lipinski definition) is 2. The van der Waals surface area contributed by atoms with E-state index in [1.807, 2.05) is 30.8 Å². The molecule has 1 aromatic carbocycles. The van der Waals surface area contributed by atoms with Crippen molar-refractivity contribution in [3.05, 3.63) is 40.7 Å². The molecule has 0 spiro atoms. The number of aryl methyl sites for hydroxylation is 3. The highest BCUT2D eigenvalue weighted by molar-refractivity contribution is 7.99. The van der Waals surface area contributed by atoms with E-state index in [0.717, 1.165) is 21.3 Å². The third kappa shape index (κ3) is 3.41. The Morgan fingerprint density at radius 3 is 2.79 bits per heavy atom. The summed E-state index contributed by atoms with van der Waals surface area (Å²) in [4.78, 5) is 17.7. The molecule has 3 N–H and O–H groups in total. The minimum atomic E-state index is -0.276. The summed E-state index contributed by atoms with van der Waals surface area (Å²) < 4.78 is 1.82. The number of nitrogens with one attached hydrogen (secondary N) is 1. The number of nitrogens with two attached hydrogens (primary N) is 1. The van der Waals surface area contributed by atoms with Crippen LogP contribution in [0.2, 0.25) is 0 Å². The second-order valence-electron chi connectivity index (χ2n) is 5.28. The lowest BCUT2D eigenvalue weighted by molar-refractivity contribution is 0.102. The molecular weight excluding hydrogens is 344 g/mol. The van der Waals surface area contributed by atoms with Crippen LogP contribution in [-0.4, -0.2) is 25.7 Å². The van der Waals surface area contributed by atoms with Crippen LogP contribution in [0.3, 0.4) is 0 Å². The van der Waals surface area contributed by atoms with Crippen LogP contribution in [-0.2, 0) is 7.05 Å². The molecule has 0 bridgehead atoms. The average Bonchev–Trinajstić information content (AvgIpc) is 3.10. The van der Waals surface area contributed by atoms with Crippen LogP contribution in [0.5, 0.6) is 0 Å². The normalized spacial score (nSPS) is 10.8. The summed E-state index contributed by atoms with van der Waals surface area (Å²) in [5, 5.41) is 13.9. The second kappa shape index (κ2) is 6.62. The molecule has 3 aromatic rings. The molecule has 0 atom stereocenters. The number of carbonyl (C=O) groups is 1. The second-order valence-corrected chi connectivity index (χ2v) is 7.15. The van der Waals surface area contributed by atoms with Crippen molar-refractivity contribution in [1.29, 1.82) is 0 Å². The van der Waals surface area contributed by atoms with Gasteiger partial charge in [-0.1, -0.05) is 0 Å². The van der Waals surface area contributed by atoms with Gasteiger partial charge in [0.05, 0.1) is 11.3 Å². The van der Waals surface area contributed by atoms with Gasteiger partial charge in [-0.05, 0) is 43.3 Å². The first-order valence-corrected chi connectivity index (χ1v) is 8.79. The molecule has 0 fully saturated rings. The van der Waals surface area contributed by atoms with Crippen LogP contribution < -0.4 is 11.1 Å². The lowest BCUT2D eigenvalue weighted by Crippen LogP contribution is -2.14. The van der Waals surface area contributed by atoms with Crippen LogP contribution in [0.25, 0.3) is 0 Å². The Labute approximate surface area is 147 Å². The summed E-state index contributed by atoms with van der Waals surface area (Å²) in [6.07, 6.45) is 1.63. The van der Waals surface area contributed by atoms with Gasteiger partial charge in [0.25, 0.3) is 5.91 Å². The third-order valence-corrected chi connectivity index (χ3v) is 5.39. The van der Waals surface area contributed by atoms with Crippen molar-refractivity contribution in [3.63, 3.8) is 0 Å². The molecule has 0 saturated heterocycles. The highest BCUT2D eigenvalue weighted by Crippen LogP contribution is 2.32. The van der Waals surface area contributed by atoms with Crippen molar-refractivity contribution in [3.8, 4) is 0 Å². The Morgan fingerprint density at radius 2 is 2.17 bits per heavy atom. The van der Waals surface area contributed by atoms with Gasteiger partial charge in [0.2, 0.25) is 0 Å². The van der Waals surface area contributed by atoms with E-state index in [2.05, 4.69) is 20.5 Å². The first kappa shape index (κ1) is 16.5. The minimum absolute atomic E-state index is 0.276. The summed E-state index contributed by atoms with van der Waals surface area (Å²) in [7, 11) is 1.87. The molecule has 0 aliphatic rings. The van der Waals surface area contributed by atoms with Crippen molar-refractivity contribution >= 4 is 39.8 Å². The van der Waals surface area contributed by atoms with E-state index < -0.39 is 0 Å². The number of amides is 1. The monoisotopic (exact) mass is 360 g/mol. The quantitative estimate of drug-likeness (QED) is 0.694. The predicted octanol–water partition coefficient (Wildman–Crippen LogP) is 2.87. The maximum Gasteiger partial charge on any atom is 0.259 e. The summed E-state index contributed by atoms with van der Waals surface area (Å²) in [6, 6.07) is 3.57. The zero-order valence-corrected chi connectivity index (χ0v) is 15.0. The van der Waals surface area contributed by atoms with Gasteiger partial charge in [-0.25, -0.2) is 4.98 Å². The number of thiazole rings is 1. The van der Waals surface area contributed by atoms with Gasteiger partial charge in [0, 0.05) is 23.0 Å². The number of rotatable bonds is 4. The summed E-state index contributed by atoms with van der Waals surface area (Å²) >= 11 is 2.82. The fourth-order valence-electron chi connectivity index (χ4n) is 2.06. The highest BCUT2D eigenvalue weighted by Gasteiger charge is 2.16. The highest BCUT2D eigenvalue weighted by atomic mass is 32.2.